The summed E-state index contributed by atoms with van der Waals surface area (Å²) in [6.45, 7) is 4.29. The van der Waals surface area contributed by atoms with E-state index in [4.69, 9.17) is 9.47 Å². The Kier molecular flexibility index (Phi) is 4.47. The lowest BCUT2D eigenvalue weighted by molar-refractivity contribution is -0.129. The molecule has 1 aliphatic heterocycles. The lowest BCUT2D eigenvalue weighted by Gasteiger charge is -2.05. The van der Waals surface area contributed by atoms with Gasteiger partial charge in [0.1, 0.15) is 5.75 Å². The summed E-state index contributed by atoms with van der Waals surface area (Å²) in [6.07, 6.45) is 1.73. The van der Waals surface area contributed by atoms with Gasteiger partial charge in [0.05, 0.1) is 12.7 Å². The van der Waals surface area contributed by atoms with E-state index in [0.717, 1.165) is 5.56 Å². The molecule has 0 unspecified atom stereocenters. The maximum atomic E-state index is 12.1. The summed E-state index contributed by atoms with van der Waals surface area (Å²) in [5.74, 6) is 0.899. The van der Waals surface area contributed by atoms with Gasteiger partial charge in [-0.25, -0.2) is 9.79 Å². The predicted octanol–water partition coefficient (Wildman–Crippen LogP) is 4.16. The normalized spacial score (nSPS) is 15.6. The molecule has 0 N–H and O–H groups in total. The van der Waals surface area contributed by atoms with E-state index >= 15 is 0 Å². The van der Waals surface area contributed by atoms with Gasteiger partial charge in [-0.05, 0) is 35.3 Å². The fourth-order valence-electron chi connectivity index (χ4n) is 2.48. The smallest absolute Gasteiger partial charge is 0.363 e. The molecule has 0 amide bonds. The Bertz CT molecular complexity index is 817. The number of carbonyl (C=O) groups excluding carboxylic acids is 1. The van der Waals surface area contributed by atoms with Crippen molar-refractivity contribution in [2.75, 3.05) is 7.11 Å². The first kappa shape index (κ1) is 16.0. The molecule has 0 aliphatic carbocycles. The topological polar surface area (TPSA) is 47.9 Å². The number of carbonyl (C=O) groups is 1. The Morgan fingerprint density at radius 2 is 1.79 bits per heavy atom. The van der Waals surface area contributed by atoms with E-state index in [0.29, 0.717) is 17.2 Å². The highest BCUT2D eigenvalue weighted by Gasteiger charge is 2.26. The third kappa shape index (κ3) is 3.23. The monoisotopic (exact) mass is 321 g/mol. The number of benzene rings is 2. The van der Waals surface area contributed by atoms with E-state index in [-0.39, 0.29) is 11.6 Å². The van der Waals surface area contributed by atoms with E-state index in [1.807, 2.05) is 30.3 Å². The SMILES string of the molecule is COc1ccccc1C1=N/C(=C\c2ccc(C(C)C)cc2)C(=O)O1. The van der Waals surface area contributed by atoms with Crippen molar-refractivity contribution < 1.29 is 14.3 Å². The number of methoxy groups -OCH3 is 1. The highest BCUT2D eigenvalue weighted by Crippen LogP contribution is 2.25. The van der Waals surface area contributed by atoms with E-state index in [2.05, 4.69) is 31.0 Å². The van der Waals surface area contributed by atoms with Gasteiger partial charge in [0.15, 0.2) is 5.70 Å². The van der Waals surface area contributed by atoms with Gasteiger partial charge in [-0.1, -0.05) is 50.2 Å². The standard InChI is InChI=1S/C20H19NO3/c1-13(2)15-10-8-14(9-11-15)12-17-20(22)24-19(21-17)16-6-4-5-7-18(16)23-3/h4-13H,1-3H3/b17-12-. The zero-order valence-corrected chi connectivity index (χ0v) is 13.9. The Balaban J connectivity index is 1.91. The number of para-hydroxylation sites is 1. The molecule has 0 spiro atoms. The highest BCUT2D eigenvalue weighted by molar-refractivity contribution is 6.13. The second kappa shape index (κ2) is 6.71. The molecule has 2 aromatic rings. The van der Waals surface area contributed by atoms with Crippen LogP contribution >= 0.6 is 0 Å². The van der Waals surface area contributed by atoms with Crippen LogP contribution in [0.15, 0.2) is 59.2 Å². The first-order valence-electron chi connectivity index (χ1n) is 7.84. The highest BCUT2D eigenvalue weighted by atomic mass is 16.6. The zero-order chi connectivity index (χ0) is 17.1. The van der Waals surface area contributed by atoms with Crippen LogP contribution in [0.5, 0.6) is 5.75 Å². The Morgan fingerprint density at radius 1 is 1.08 bits per heavy atom. The van der Waals surface area contributed by atoms with E-state index in [1.165, 1.54) is 5.56 Å². The van der Waals surface area contributed by atoms with Gasteiger partial charge >= 0.3 is 5.97 Å². The summed E-state index contributed by atoms with van der Waals surface area (Å²) in [4.78, 5) is 16.4. The summed E-state index contributed by atoms with van der Waals surface area (Å²) in [7, 11) is 1.57. The van der Waals surface area contributed by atoms with Crippen LogP contribution in [0.4, 0.5) is 0 Å². The Hall–Kier alpha value is -2.88. The van der Waals surface area contributed by atoms with Crippen molar-refractivity contribution in [3.05, 3.63) is 70.9 Å². The second-order valence-corrected chi connectivity index (χ2v) is 5.86. The van der Waals surface area contributed by atoms with Gasteiger partial charge in [-0.15, -0.1) is 0 Å². The molecule has 0 atom stereocenters. The first-order valence-corrected chi connectivity index (χ1v) is 7.84. The number of cyclic esters (lactones) is 1. The van der Waals surface area contributed by atoms with Gasteiger partial charge < -0.3 is 9.47 Å². The molecule has 0 aromatic heterocycles. The van der Waals surface area contributed by atoms with Gasteiger partial charge in [-0.3, -0.25) is 0 Å². The summed E-state index contributed by atoms with van der Waals surface area (Å²) in [5, 5.41) is 0. The van der Waals surface area contributed by atoms with Gasteiger partial charge in [0.2, 0.25) is 5.90 Å². The number of esters is 1. The van der Waals surface area contributed by atoms with Gasteiger partial charge in [-0.2, -0.15) is 0 Å². The molecule has 0 saturated heterocycles. The largest absolute Gasteiger partial charge is 0.496 e. The minimum absolute atomic E-state index is 0.266. The maximum Gasteiger partial charge on any atom is 0.363 e. The number of aliphatic imine (C=N–C) groups is 1. The van der Waals surface area contributed by atoms with Crippen molar-refractivity contribution in [3.63, 3.8) is 0 Å². The van der Waals surface area contributed by atoms with Crippen LogP contribution in [0.2, 0.25) is 0 Å². The molecule has 122 valence electrons. The van der Waals surface area contributed by atoms with Crippen molar-refractivity contribution in [1.82, 2.24) is 0 Å². The molecule has 3 rings (SSSR count). The van der Waals surface area contributed by atoms with Crippen LogP contribution < -0.4 is 4.74 Å². The van der Waals surface area contributed by atoms with E-state index < -0.39 is 5.97 Å². The van der Waals surface area contributed by atoms with Crippen LogP contribution in [0.1, 0.15) is 36.5 Å². The maximum absolute atomic E-state index is 12.1. The summed E-state index contributed by atoms with van der Waals surface area (Å²) < 4.78 is 10.6. The number of ether oxygens (including phenoxy) is 2. The molecule has 24 heavy (non-hydrogen) atoms. The van der Waals surface area contributed by atoms with Crippen molar-refractivity contribution in [3.8, 4) is 5.75 Å². The van der Waals surface area contributed by atoms with Crippen molar-refractivity contribution in [2.24, 2.45) is 4.99 Å². The molecule has 0 fully saturated rings. The summed E-state index contributed by atoms with van der Waals surface area (Å²) in [5.41, 5.74) is 3.11. The number of rotatable bonds is 4. The summed E-state index contributed by atoms with van der Waals surface area (Å²) in [6, 6.07) is 15.4. The van der Waals surface area contributed by atoms with Crippen molar-refractivity contribution >= 4 is 17.9 Å². The average molecular weight is 321 g/mol. The molecule has 4 heteroatoms. The molecular formula is C20H19NO3. The molecule has 2 aromatic carbocycles. The lowest BCUT2D eigenvalue weighted by atomic mass is 10.0. The fourth-order valence-corrected chi connectivity index (χ4v) is 2.48. The van der Waals surface area contributed by atoms with E-state index in [1.54, 1.807) is 19.3 Å². The third-order valence-corrected chi connectivity index (χ3v) is 3.86. The first-order chi connectivity index (χ1) is 11.6. The van der Waals surface area contributed by atoms with Crippen LogP contribution in [-0.2, 0) is 9.53 Å². The summed E-state index contributed by atoms with van der Waals surface area (Å²) >= 11 is 0. The molecule has 4 nitrogen and oxygen atoms in total. The lowest BCUT2D eigenvalue weighted by Crippen LogP contribution is -2.06. The Morgan fingerprint density at radius 3 is 2.46 bits per heavy atom. The Labute approximate surface area is 141 Å². The predicted molar refractivity (Wildman–Crippen MR) is 94.1 cm³/mol. The number of hydrogen-bond donors (Lipinski definition) is 0. The van der Waals surface area contributed by atoms with Gasteiger partial charge in [0.25, 0.3) is 0 Å². The minimum atomic E-state index is -0.455. The van der Waals surface area contributed by atoms with Crippen LogP contribution in [0.25, 0.3) is 6.08 Å². The molecule has 0 saturated carbocycles. The second-order valence-electron chi connectivity index (χ2n) is 5.86. The van der Waals surface area contributed by atoms with Gasteiger partial charge in [0, 0.05) is 0 Å². The van der Waals surface area contributed by atoms with Crippen molar-refractivity contribution in [1.29, 1.82) is 0 Å². The third-order valence-electron chi connectivity index (χ3n) is 3.86. The van der Waals surface area contributed by atoms with Crippen LogP contribution in [0, 0.1) is 0 Å². The van der Waals surface area contributed by atoms with E-state index in [9.17, 15) is 4.79 Å². The molecular weight excluding hydrogens is 302 g/mol. The molecule has 1 aliphatic rings. The van der Waals surface area contributed by atoms with Crippen LogP contribution in [-0.4, -0.2) is 19.0 Å². The molecule has 1 heterocycles. The minimum Gasteiger partial charge on any atom is -0.496 e. The zero-order valence-electron chi connectivity index (χ0n) is 13.9. The number of nitrogens with zero attached hydrogens (tertiary/aromatic N) is 1. The van der Waals surface area contributed by atoms with Crippen LogP contribution in [0.3, 0.4) is 0 Å². The van der Waals surface area contributed by atoms with Crippen molar-refractivity contribution in [2.45, 2.75) is 19.8 Å². The average Bonchev–Trinajstić information content (AvgIpc) is 2.96. The quantitative estimate of drug-likeness (QED) is 0.627. The molecule has 0 bridgehead atoms. The molecule has 0 radical (unpaired) electrons. The fraction of sp³-hybridized carbons (Fsp3) is 0.200. The number of hydrogen-bond acceptors (Lipinski definition) is 4.